The molecule has 1 saturated carbocycles. The quantitative estimate of drug-likeness (QED) is 0.239. The van der Waals surface area contributed by atoms with E-state index in [2.05, 4.69) is 15.9 Å². The van der Waals surface area contributed by atoms with Gasteiger partial charge in [-0.1, -0.05) is 26.0 Å². The fraction of sp³-hybridized carbons (Fsp3) is 0.438. The first-order valence-corrected chi connectivity index (χ1v) is 7.73. The van der Waals surface area contributed by atoms with E-state index in [4.69, 9.17) is 4.74 Å². The number of hydrogen-bond donors (Lipinski definition) is 0. The average molecular weight is 395 g/mol. The van der Waals surface area contributed by atoms with Crippen LogP contribution in [0.15, 0.2) is 16.6 Å². The summed E-state index contributed by atoms with van der Waals surface area (Å²) < 4.78 is 58.2. The van der Waals surface area contributed by atoms with Crippen LogP contribution in [0.1, 0.15) is 26.3 Å². The number of carbonyl (C=O) groups excluding carboxylic acids is 1. The van der Waals surface area contributed by atoms with Crippen LogP contribution in [0.4, 0.5) is 17.6 Å². The minimum Gasteiger partial charge on any atom is -0.460 e. The number of carbonyl (C=O) groups is 1. The Bertz CT molecular complexity index is 656. The van der Waals surface area contributed by atoms with Crippen LogP contribution < -0.4 is 0 Å². The van der Waals surface area contributed by atoms with E-state index in [1.807, 2.05) is 26.8 Å². The minimum atomic E-state index is -1.58. The number of allylic oxidation sites excluding steroid dienone is 2. The molecule has 1 fully saturated rings. The summed E-state index contributed by atoms with van der Waals surface area (Å²) in [5.74, 6) is -7.42. The third-order valence-corrected chi connectivity index (χ3v) is 4.92. The third kappa shape index (κ3) is 3.03. The summed E-state index contributed by atoms with van der Waals surface area (Å²) in [7, 11) is 0. The summed E-state index contributed by atoms with van der Waals surface area (Å²) in [6.07, 6.45) is 3.66. The lowest BCUT2D eigenvalue weighted by molar-refractivity contribution is -0.147. The maximum absolute atomic E-state index is 13.7. The molecular formula is C16H15BrF4O2. The van der Waals surface area contributed by atoms with Gasteiger partial charge in [0.25, 0.3) is 0 Å². The van der Waals surface area contributed by atoms with E-state index in [-0.39, 0.29) is 11.3 Å². The van der Waals surface area contributed by atoms with Crippen molar-refractivity contribution in [3.05, 3.63) is 45.5 Å². The highest BCUT2D eigenvalue weighted by atomic mass is 79.9. The summed E-state index contributed by atoms with van der Waals surface area (Å²) in [6, 6.07) is 0. The highest BCUT2D eigenvalue weighted by molar-refractivity contribution is 9.10. The monoisotopic (exact) mass is 394 g/mol. The van der Waals surface area contributed by atoms with Gasteiger partial charge in [-0.15, -0.1) is 0 Å². The zero-order valence-electron chi connectivity index (χ0n) is 12.7. The van der Waals surface area contributed by atoms with Crippen molar-refractivity contribution < 1.29 is 27.1 Å². The molecule has 0 aromatic heterocycles. The maximum atomic E-state index is 13.7. The Morgan fingerprint density at radius 2 is 1.70 bits per heavy atom. The first-order valence-electron chi connectivity index (χ1n) is 6.94. The van der Waals surface area contributed by atoms with E-state index >= 15 is 0 Å². The van der Waals surface area contributed by atoms with Gasteiger partial charge in [0.2, 0.25) is 0 Å². The van der Waals surface area contributed by atoms with Crippen molar-refractivity contribution in [3.8, 4) is 0 Å². The standard InChI is InChI=1S/C16H15BrF4O2/c1-4-5-8-9(16(8,2)3)15(22)23-6-7-11(18)13(20)10(17)14(21)12(7)19/h4-5,8-9H,6H2,1-3H3/b5-4-/t8-,9+/m1/s1. The van der Waals surface area contributed by atoms with Crippen molar-refractivity contribution in [2.24, 2.45) is 17.3 Å². The van der Waals surface area contributed by atoms with E-state index in [0.29, 0.717) is 0 Å². The Morgan fingerprint density at radius 3 is 2.17 bits per heavy atom. The maximum Gasteiger partial charge on any atom is 0.310 e. The topological polar surface area (TPSA) is 26.3 Å². The molecule has 7 heteroatoms. The molecule has 0 amide bonds. The fourth-order valence-corrected chi connectivity index (χ4v) is 3.05. The van der Waals surface area contributed by atoms with Crippen molar-refractivity contribution in [1.82, 2.24) is 0 Å². The van der Waals surface area contributed by atoms with Crippen LogP contribution in [0.5, 0.6) is 0 Å². The lowest BCUT2D eigenvalue weighted by Crippen LogP contribution is -2.13. The van der Waals surface area contributed by atoms with Crippen molar-refractivity contribution in [1.29, 1.82) is 0 Å². The van der Waals surface area contributed by atoms with Gasteiger partial charge in [-0.25, -0.2) is 17.6 Å². The van der Waals surface area contributed by atoms with Gasteiger partial charge in [0.05, 0.1) is 16.0 Å². The molecule has 23 heavy (non-hydrogen) atoms. The number of benzene rings is 1. The Labute approximate surface area is 139 Å². The molecule has 0 bridgehead atoms. The molecule has 2 atom stereocenters. The number of ether oxygens (including phenoxy) is 1. The zero-order valence-corrected chi connectivity index (χ0v) is 14.3. The van der Waals surface area contributed by atoms with Gasteiger partial charge in [0, 0.05) is 0 Å². The normalized spacial score (nSPS) is 22.4. The summed E-state index contributed by atoms with van der Waals surface area (Å²) in [4.78, 5) is 12.0. The lowest BCUT2D eigenvalue weighted by Gasteiger charge is -2.10. The smallest absolute Gasteiger partial charge is 0.310 e. The molecule has 2 rings (SSSR count). The van der Waals surface area contributed by atoms with Gasteiger partial charge >= 0.3 is 5.97 Å². The molecular weight excluding hydrogens is 380 g/mol. The van der Waals surface area contributed by atoms with Crippen LogP contribution in [0.2, 0.25) is 0 Å². The lowest BCUT2D eigenvalue weighted by atomic mass is 10.1. The summed E-state index contributed by atoms with van der Waals surface area (Å²) in [6.45, 7) is 4.68. The molecule has 0 aliphatic heterocycles. The zero-order chi connectivity index (χ0) is 17.5. The number of hydrogen-bond acceptors (Lipinski definition) is 2. The minimum absolute atomic E-state index is 0.0342. The van der Waals surface area contributed by atoms with Gasteiger partial charge < -0.3 is 4.74 Å². The van der Waals surface area contributed by atoms with Crippen LogP contribution in [0, 0.1) is 40.5 Å². The average Bonchev–Trinajstić information content (AvgIpc) is 3.04. The molecule has 1 aliphatic carbocycles. The third-order valence-electron chi connectivity index (χ3n) is 4.22. The SMILES string of the molecule is C/C=C\[C@@H]1[C@@H](C(=O)OCc2c(F)c(F)c(Br)c(F)c2F)C1(C)C. The van der Waals surface area contributed by atoms with Crippen molar-refractivity contribution in [3.63, 3.8) is 0 Å². The predicted octanol–water partition coefficient (Wildman–Crippen LogP) is 4.90. The number of rotatable bonds is 4. The highest BCUT2D eigenvalue weighted by Gasteiger charge is 2.61. The number of halogens is 5. The number of esters is 1. The molecule has 1 aromatic carbocycles. The second-order valence-corrected chi connectivity index (χ2v) is 6.80. The Morgan fingerprint density at radius 1 is 1.17 bits per heavy atom. The van der Waals surface area contributed by atoms with Crippen LogP contribution >= 0.6 is 15.9 Å². The van der Waals surface area contributed by atoms with Crippen LogP contribution in [0.3, 0.4) is 0 Å². The van der Waals surface area contributed by atoms with Crippen LogP contribution in [-0.2, 0) is 16.1 Å². The molecule has 0 unspecified atom stereocenters. The summed E-state index contributed by atoms with van der Waals surface area (Å²) in [5, 5.41) is 0. The molecule has 126 valence electrons. The van der Waals surface area contributed by atoms with E-state index in [1.54, 1.807) is 6.08 Å². The van der Waals surface area contributed by atoms with Gasteiger partial charge in [-0.2, -0.15) is 0 Å². The van der Waals surface area contributed by atoms with Gasteiger partial charge in [0.15, 0.2) is 23.3 Å². The van der Waals surface area contributed by atoms with Gasteiger partial charge in [-0.05, 0) is 34.2 Å². The fourth-order valence-electron chi connectivity index (χ4n) is 2.70. The van der Waals surface area contributed by atoms with Crippen LogP contribution in [0.25, 0.3) is 0 Å². The van der Waals surface area contributed by atoms with Crippen molar-refractivity contribution >= 4 is 21.9 Å². The Kier molecular flexibility index (Phi) is 4.89. The molecule has 0 radical (unpaired) electrons. The van der Waals surface area contributed by atoms with Gasteiger partial charge in [0.1, 0.15) is 6.61 Å². The molecule has 0 saturated heterocycles. The first kappa shape index (κ1) is 18.0. The molecule has 1 aromatic rings. The predicted molar refractivity (Wildman–Crippen MR) is 79.3 cm³/mol. The summed E-state index contributed by atoms with van der Waals surface area (Å²) >= 11 is 2.42. The van der Waals surface area contributed by atoms with Gasteiger partial charge in [-0.3, -0.25) is 4.79 Å². The second-order valence-electron chi connectivity index (χ2n) is 6.01. The van der Waals surface area contributed by atoms with E-state index in [0.717, 1.165) is 0 Å². The summed E-state index contributed by atoms with van der Waals surface area (Å²) in [5.41, 5.74) is -1.27. The first-order chi connectivity index (χ1) is 10.6. The highest BCUT2D eigenvalue weighted by Crippen LogP contribution is 2.59. The second kappa shape index (κ2) is 6.26. The van der Waals surface area contributed by atoms with Crippen LogP contribution in [-0.4, -0.2) is 5.97 Å². The Balaban J connectivity index is 2.15. The van der Waals surface area contributed by atoms with E-state index < -0.39 is 51.8 Å². The molecule has 1 aliphatic rings. The molecule has 2 nitrogen and oxygen atoms in total. The van der Waals surface area contributed by atoms with Crippen molar-refractivity contribution in [2.45, 2.75) is 27.4 Å². The van der Waals surface area contributed by atoms with Crippen molar-refractivity contribution in [2.75, 3.05) is 0 Å². The van der Waals surface area contributed by atoms with E-state index in [9.17, 15) is 22.4 Å². The Hall–Kier alpha value is -1.37. The largest absolute Gasteiger partial charge is 0.460 e. The molecule has 0 N–H and O–H groups in total. The molecule has 0 spiro atoms. The molecule has 0 heterocycles. The van der Waals surface area contributed by atoms with E-state index in [1.165, 1.54) is 0 Å².